The number of nitrogens with one attached hydrogen (secondary N) is 3. The van der Waals surface area contributed by atoms with Gasteiger partial charge in [-0.1, -0.05) is 48.5 Å². The number of rotatable bonds is 12. The Morgan fingerprint density at radius 1 is 0.891 bits per heavy atom. The van der Waals surface area contributed by atoms with Gasteiger partial charge in [-0.3, -0.25) is 14.4 Å². The molecule has 3 amide bonds. The van der Waals surface area contributed by atoms with Crippen LogP contribution in [0, 0.1) is 23.7 Å². The van der Waals surface area contributed by atoms with Crippen LogP contribution in [-0.2, 0) is 38.4 Å². The zero-order chi connectivity index (χ0) is 32.3. The highest BCUT2D eigenvalue weighted by Crippen LogP contribution is 2.54. The standard InChI is InChI=1S/C37H47N3O6/c1-37(21-23-11-12-26-7-5-6-10-28(26)16-23,40-36(45)46-34-29-17-24-15-25(19-29)20-30(34)18-24)35(44)38-22-31(27-8-3-2-4-9-27)39-32(41)13-14-33(42)43/h2-4,8-9,11-12,16,24-25,29-31,34H,5-7,10,13-15,17-22H2,1H3,(H,38,44)(H,39,41)(H,40,45)(H,42,43)/t24?,25?,29?,30?,31-,34?,37?/m0/s1. The van der Waals surface area contributed by atoms with Gasteiger partial charge in [0.1, 0.15) is 11.6 Å². The molecular formula is C37H47N3O6. The van der Waals surface area contributed by atoms with E-state index in [-0.39, 0.29) is 37.8 Å². The Hall–Kier alpha value is -3.88. The lowest BCUT2D eigenvalue weighted by molar-refractivity contribution is -0.138. The maximum Gasteiger partial charge on any atom is 0.408 e. The molecule has 4 bridgehead atoms. The number of carbonyl (C=O) groups is 4. The third-order valence-corrected chi connectivity index (χ3v) is 10.8. The van der Waals surface area contributed by atoms with Gasteiger partial charge in [0.05, 0.1) is 12.5 Å². The van der Waals surface area contributed by atoms with E-state index in [4.69, 9.17) is 9.84 Å². The average Bonchev–Trinajstić information content (AvgIpc) is 3.03. The summed E-state index contributed by atoms with van der Waals surface area (Å²) in [5.41, 5.74) is 3.07. The van der Waals surface area contributed by atoms with Crippen LogP contribution in [0.4, 0.5) is 4.79 Å². The van der Waals surface area contributed by atoms with Crippen molar-refractivity contribution in [2.24, 2.45) is 23.7 Å². The Labute approximate surface area is 271 Å². The Morgan fingerprint density at radius 2 is 1.57 bits per heavy atom. The van der Waals surface area contributed by atoms with Gasteiger partial charge in [-0.15, -0.1) is 0 Å². The highest BCUT2D eigenvalue weighted by atomic mass is 16.6. The van der Waals surface area contributed by atoms with Gasteiger partial charge < -0.3 is 25.8 Å². The normalized spacial score (nSPS) is 26.2. The van der Waals surface area contributed by atoms with Crippen molar-refractivity contribution < 1.29 is 29.0 Å². The molecule has 4 saturated carbocycles. The summed E-state index contributed by atoms with van der Waals surface area (Å²) >= 11 is 0. The van der Waals surface area contributed by atoms with Gasteiger partial charge in [-0.25, -0.2) is 4.79 Å². The number of carboxylic acids is 1. The number of hydrogen-bond acceptors (Lipinski definition) is 5. The number of benzene rings is 2. The summed E-state index contributed by atoms with van der Waals surface area (Å²) in [5, 5.41) is 17.9. The minimum Gasteiger partial charge on any atom is -0.481 e. The third kappa shape index (κ3) is 7.56. The number of fused-ring (bicyclic) bond motifs is 1. The van der Waals surface area contributed by atoms with Crippen molar-refractivity contribution in [2.75, 3.05) is 6.54 Å². The van der Waals surface area contributed by atoms with Crippen molar-refractivity contribution in [2.45, 2.75) is 102 Å². The van der Waals surface area contributed by atoms with E-state index in [1.807, 2.05) is 30.3 Å². The summed E-state index contributed by atoms with van der Waals surface area (Å²) < 4.78 is 6.16. The first kappa shape index (κ1) is 32.1. The van der Waals surface area contributed by atoms with E-state index in [1.54, 1.807) is 6.92 Å². The summed E-state index contributed by atoms with van der Waals surface area (Å²) in [6.07, 6.45) is 9.36. The lowest BCUT2D eigenvalue weighted by Gasteiger charge is -2.53. The molecule has 0 aromatic heterocycles. The molecule has 0 saturated heterocycles. The predicted molar refractivity (Wildman–Crippen MR) is 173 cm³/mol. The van der Waals surface area contributed by atoms with E-state index >= 15 is 0 Å². The van der Waals surface area contributed by atoms with Crippen LogP contribution in [0.2, 0.25) is 0 Å². The molecule has 2 atom stereocenters. The highest BCUT2D eigenvalue weighted by molar-refractivity contribution is 5.90. The van der Waals surface area contributed by atoms with Crippen LogP contribution in [0.25, 0.3) is 0 Å². The van der Waals surface area contributed by atoms with E-state index in [9.17, 15) is 19.2 Å². The van der Waals surface area contributed by atoms with Crippen LogP contribution in [0.3, 0.4) is 0 Å². The summed E-state index contributed by atoms with van der Waals surface area (Å²) in [6.45, 7) is 1.80. The van der Waals surface area contributed by atoms with Gasteiger partial charge in [0.15, 0.2) is 0 Å². The van der Waals surface area contributed by atoms with Gasteiger partial charge in [0, 0.05) is 19.4 Å². The van der Waals surface area contributed by atoms with E-state index in [1.165, 1.54) is 24.0 Å². The number of carbonyl (C=O) groups excluding carboxylic acids is 3. The number of alkyl carbamates (subject to hydrolysis) is 1. The molecule has 9 heteroatoms. The molecule has 5 aliphatic carbocycles. The summed E-state index contributed by atoms with van der Waals surface area (Å²) in [5.74, 6) is 0.468. The molecule has 4 N–H and O–H groups in total. The molecule has 0 radical (unpaired) electrons. The van der Waals surface area contributed by atoms with E-state index in [0.29, 0.717) is 11.8 Å². The summed E-state index contributed by atoms with van der Waals surface area (Å²) in [6, 6.07) is 15.0. The quantitative estimate of drug-likeness (QED) is 0.253. The van der Waals surface area contributed by atoms with Crippen molar-refractivity contribution >= 4 is 23.9 Å². The molecule has 246 valence electrons. The number of carboxylic acid groups (broad SMARTS) is 1. The Morgan fingerprint density at radius 3 is 2.24 bits per heavy atom. The minimum atomic E-state index is -1.32. The fourth-order valence-electron chi connectivity index (χ4n) is 8.75. The fourth-order valence-corrected chi connectivity index (χ4v) is 8.75. The number of ether oxygens (including phenoxy) is 1. The molecule has 2 aromatic rings. The van der Waals surface area contributed by atoms with Crippen molar-refractivity contribution in [1.29, 1.82) is 0 Å². The van der Waals surface area contributed by atoms with Crippen molar-refractivity contribution in [1.82, 2.24) is 16.0 Å². The largest absolute Gasteiger partial charge is 0.481 e. The van der Waals surface area contributed by atoms with Gasteiger partial charge >= 0.3 is 12.1 Å². The molecule has 1 unspecified atom stereocenters. The number of aliphatic carboxylic acids is 1. The molecule has 7 rings (SSSR count). The molecule has 0 heterocycles. The lowest BCUT2D eigenvalue weighted by Crippen LogP contribution is -2.60. The fraction of sp³-hybridized carbons (Fsp3) is 0.568. The van der Waals surface area contributed by atoms with Crippen LogP contribution in [0.5, 0.6) is 0 Å². The first-order chi connectivity index (χ1) is 22.1. The zero-order valence-corrected chi connectivity index (χ0v) is 26.8. The van der Waals surface area contributed by atoms with Crippen LogP contribution in [0.15, 0.2) is 48.5 Å². The predicted octanol–water partition coefficient (Wildman–Crippen LogP) is 5.26. The smallest absolute Gasteiger partial charge is 0.408 e. The average molecular weight is 630 g/mol. The maximum absolute atomic E-state index is 14.1. The van der Waals surface area contributed by atoms with E-state index < -0.39 is 29.6 Å². The van der Waals surface area contributed by atoms with Crippen LogP contribution < -0.4 is 16.0 Å². The Kier molecular flexibility index (Phi) is 9.66. The van der Waals surface area contributed by atoms with Crippen molar-refractivity contribution in [3.05, 3.63) is 70.8 Å². The number of aryl methyl sites for hydroxylation is 2. The van der Waals surface area contributed by atoms with Crippen LogP contribution in [-0.4, -0.2) is 47.2 Å². The molecule has 9 nitrogen and oxygen atoms in total. The summed E-state index contributed by atoms with van der Waals surface area (Å²) in [4.78, 5) is 51.3. The third-order valence-electron chi connectivity index (χ3n) is 10.8. The summed E-state index contributed by atoms with van der Waals surface area (Å²) in [7, 11) is 0. The van der Waals surface area contributed by atoms with Gasteiger partial charge in [-0.2, -0.15) is 0 Å². The topological polar surface area (TPSA) is 134 Å². The van der Waals surface area contributed by atoms with E-state index in [0.717, 1.165) is 67.9 Å². The first-order valence-corrected chi connectivity index (χ1v) is 17.1. The number of amides is 3. The Bertz CT molecular complexity index is 1420. The minimum absolute atomic E-state index is 0.0632. The van der Waals surface area contributed by atoms with Crippen molar-refractivity contribution in [3.8, 4) is 0 Å². The SMILES string of the molecule is CC(Cc1ccc2c(c1)CCCC2)(NC(=O)OC1C2CC3CC(C2)CC1C3)C(=O)NC[C@H](NC(=O)CCC(=O)O)c1ccccc1. The van der Waals surface area contributed by atoms with Gasteiger partial charge in [0.2, 0.25) is 11.8 Å². The van der Waals surface area contributed by atoms with Gasteiger partial charge in [-0.05, 0) is 111 Å². The molecule has 0 aliphatic heterocycles. The van der Waals surface area contributed by atoms with Gasteiger partial charge in [0.25, 0.3) is 0 Å². The maximum atomic E-state index is 14.1. The van der Waals surface area contributed by atoms with Crippen LogP contribution in [0.1, 0.15) is 93.0 Å². The molecule has 0 spiro atoms. The highest BCUT2D eigenvalue weighted by Gasteiger charge is 2.50. The molecular weight excluding hydrogens is 582 g/mol. The number of hydrogen-bond donors (Lipinski definition) is 4. The van der Waals surface area contributed by atoms with E-state index in [2.05, 4.69) is 34.1 Å². The zero-order valence-electron chi connectivity index (χ0n) is 26.8. The molecule has 5 aliphatic rings. The lowest BCUT2D eigenvalue weighted by atomic mass is 9.55. The molecule has 46 heavy (non-hydrogen) atoms. The monoisotopic (exact) mass is 629 g/mol. The Balaban J connectivity index is 1.18. The molecule has 2 aromatic carbocycles. The second kappa shape index (κ2) is 13.9. The van der Waals surface area contributed by atoms with Crippen molar-refractivity contribution in [3.63, 3.8) is 0 Å². The second-order valence-corrected chi connectivity index (χ2v) is 14.4. The molecule has 4 fully saturated rings. The second-order valence-electron chi connectivity index (χ2n) is 14.4. The first-order valence-electron chi connectivity index (χ1n) is 17.1. The van der Waals surface area contributed by atoms with Crippen LogP contribution >= 0.6 is 0 Å².